The zero-order chi connectivity index (χ0) is 26.1. The van der Waals surface area contributed by atoms with Crippen molar-refractivity contribution in [1.29, 1.82) is 0 Å². The number of ether oxygens (including phenoxy) is 3. The fourth-order valence-electron chi connectivity index (χ4n) is 3.63. The lowest BCUT2D eigenvalue weighted by atomic mass is 10.1. The van der Waals surface area contributed by atoms with Gasteiger partial charge in [-0.2, -0.15) is 0 Å². The largest absolute Gasteiger partial charge is 0.491 e. The summed E-state index contributed by atoms with van der Waals surface area (Å²) in [5.41, 5.74) is 1.68. The Morgan fingerprint density at radius 1 is 1.06 bits per heavy atom. The van der Waals surface area contributed by atoms with Crippen LogP contribution in [0.25, 0.3) is 11.0 Å². The Balaban J connectivity index is 1.63. The van der Waals surface area contributed by atoms with Crippen LogP contribution in [0.5, 0.6) is 23.1 Å². The third-order valence-electron chi connectivity index (χ3n) is 5.77. The Morgan fingerprint density at radius 2 is 1.81 bits per heavy atom. The summed E-state index contributed by atoms with van der Waals surface area (Å²) in [6, 6.07) is 7.13. The van der Waals surface area contributed by atoms with E-state index < -0.39 is 17.2 Å². The van der Waals surface area contributed by atoms with E-state index in [9.17, 15) is 14.0 Å². The van der Waals surface area contributed by atoms with Crippen LogP contribution in [-0.2, 0) is 7.05 Å². The van der Waals surface area contributed by atoms with Crippen LogP contribution in [0.3, 0.4) is 0 Å². The third kappa shape index (κ3) is 4.49. The number of fused-ring (bicyclic) bond motifs is 1. The summed E-state index contributed by atoms with van der Waals surface area (Å²) >= 11 is 3.24. The van der Waals surface area contributed by atoms with Crippen LogP contribution >= 0.6 is 15.9 Å². The van der Waals surface area contributed by atoms with Gasteiger partial charge in [0.05, 0.1) is 24.2 Å². The highest BCUT2D eigenvalue weighted by molar-refractivity contribution is 9.10. The number of carbonyl (C=O) groups excluding carboxylic acids is 1. The molecule has 4 rings (SSSR count). The van der Waals surface area contributed by atoms with Gasteiger partial charge in [0.15, 0.2) is 23.1 Å². The van der Waals surface area contributed by atoms with Crippen molar-refractivity contribution in [3.8, 4) is 23.1 Å². The zero-order valence-corrected chi connectivity index (χ0v) is 21.7. The Morgan fingerprint density at radius 3 is 2.47 bits per heavy atom. The highest BCUT2D eigenvalue weighted by atomic mass is 79.9. The number of amides is 1. The number of methoxy groups -OCH3 is 2. The van der Waals surface area contributed by atoms with Gasteiger partial charge in [-0.05, 0) is 41.9 Å². The quantitative estimate of drug-likeness (QED) is 0.359. The molecule has 0 radical (unpaired) electrons. The van der Waals surface area contributed by atoms with Crippen LogP contribution in [0.4, 0.5) is 10.1 Å². The summed E-state index contributed by atoms with van der Waals surface area (Å²) in [4.78, 5) is 34.2. The van der Waals surface area contributed by atoms with Crippen LogP contribution in [-0.4, -0.2) is 34.7 Å². The molecule has 0 unspecified atom stereocenters. The van der Waals surface area contributed by atoms with Gasteiger partial charge in [0.25, 0.3) is 11.8 Å². The van der Waals surface area contributed by atoms with Gasteiger partial charge in [-0.25, -0.2) is 9.37 Å². The standard InChI is InChI=1S/C25H22BrFN4O5/c1-12-20(23(32)21(26)13(2)31(12)3)24(33)29-14-6-7-17(15(27)10-14)36-18-8-9-28-16-11-19(34-4)25(35-5)30-22(16)18/h6-11H,1-5H3,(H,29,33). The molecule has 3 aromatic heterocycles. The zero-order valence-electron chi connectivity index (χ0n) is 20.1. The van der Waals surface area contributed by atoms with E-state index in [0.717, 1.165) is 6.07 Å². The number of benzene rings is 1. The summed E-state index contributed by atoms with van der Waals surface area (Å²) in [6.45, 7) is 3.44. The van der Waals surface area contributed by atoms with E-state index in [1.807, 2.05) is 0 Å². The first-order chi connectivity index (χ1) is 17.2. The van der Waals surface area contributed by atoms with Crippen molar-refractivity contribution >= 4 is 38.6 Å². The number of pyridine rings is 3. The number of carbonyl (C=O) groups is 1. The minimum Gasteiger partial charge on any atom is -0.491 e. The van der Waals surface area contributed by atoms with E-state index in [0.29, 0.717) is 32.6 Å². The molecule has 0 bridgehead atoms. The molecule has 0 spiro atoms. The van der Waals surface area contributed by atoms with E-state index in [2.05, 4.69) is 31.2 Å². The molecule has 186 valence electrons. The van der Waals surface area contributed by atoms with Gasteiger partial charge < -0.3 is 24.1 Å². The molecular formula is C25H22BrFN4O5. The van der Waals surface area contributed by atoms with Crippen molar-refractivity contribution < 1.29 is 23.4 Å². The van der Waals surface area contributed by atoms with Crippen molar-refractivity contribution in [2.45, 2.75) is 13.8 Å². The molecule has 0 saturated heterocycles. The number of nitrogens with zero attached hydrogens (tertiary/aromatic N) is 3. The van der Waals surface area contributed by atoms with Gasteiger partial charge in [-0.3, -0.25) is 14.6 Å². The second-order valence-corrected chi connectivity index (χ2v) is 8.62. The number of aromatic nitrogens is 3. The summed E-state index contributed by atoms with van der Waals surface area (Å²) in [5, 5.41) is 2.58. The Hall–Kier alpha value is -3.99. The summed E-state index contributed by atoms with van der Waals surface area (Å²) in [7, 11) is 4.69. The molecule has 0 fully saturated rings. The van der Waals surface area contributed by atoms with Crippen LogP contribution in [0, 0.1) is 19.7 Å². The first-order valence-corrected chi connectivity index (χ1v) is 11.5. The highest BCUT2D eigenvalue weighted by Gasteiger charge is 2.21. The molecule has 1 aromatic carbocycles. The van der Waals surface area contributed by atoms with E-state index in [1.165, 1.54) is 32.5 Å². The molecule has 0 saturated carbocycles. The van der Waals surface area contributed by atoms with Crippen LogP contribution < -0.4 is 25.0 Å². The van der Waals surface area contributed by atoms with Crippen molar-refractivity contribution in [3.63, 3.8) is 0 Å². The van der Waals surface area contributed by atoms with E-state index in [-0.39, 0.29) is 28.6 Å². The Labute approximate surface area is 214 Å². The lowest BCUT2D eigenvalue weighted by molar-refractivity contribution is 0.102. The maximum Gasteiger partial charge on any atom is 0.261 e. The molecule has 0 aliphatic carbocycles. The average molecular weight is 557 g/mol. The first kappa shape index (κ1) is 25.1. The molecule has 0 atom stereocenters. The van der Waals surface area contributed by atoms with Crippen molar-refractivity contribution in [3.05, 3.63) is 74.0 Å². The number of hydrogen-bond donors (Lipinski definition) is 1. The predicted molar refractivity (Wildman–Crippen MR) is 136 cm³/mol. The maximum absolute atomic E-state index is 15.0. The van der Waals surface area contributed by atoms with Gasteiger partial charge in [0, 0.05) is 48.5 Å². The molecule has 11 heteroatoms. The molecule has 36 heavy (non-hydrogen) atoms. The fraction of sp³-hybridized carbons (Fsp3) is 0.200. The molecule has 9 nitrogen and oxygen atoms in total. The Kier molecular flexibility index (Phi) is 6.93. The van der Waals surface area contributed by atoms with E-state index >= 15 is 0 Å². The summed E-state index contributed by atoms with van der Waals surface area (Å²) in [5.74, 6) is -0.597. The minimum atomic E-state index is -0.729. The van der Waals surface area contributed by atoms with Gasteiger partial charge in [0.1, 0.15) is 11.1 Å². The molecule has 0 aliphatic rings. The van der Waals surface area contributed by atoms with Crippen molar-refractivity contribution in [2.24, 2.45) is 7.05 Å². The molecular weight excluding hydrogens is 535 g/mol. The number of rotatable bonds is 6. The Bertz CT molecular complexity index is 1570. The third-order valence-corrected chi connectivity index (χ3v) is 6.70. The minimum absolute atomic E-state index is 0.0329. The predicted octanol–water partition coefficient (Wildman–Crippen LogP) is 4.91. The second kappa shape index (κ2) is 9.94. The average Bonchev–Trinajstić information content (AvgIpc) is 2.87. The van der Waals surface area contributed by atoms with Gasteiger partial charge >= 0.3 is 0 Å². The fourth-order valence-corrected chi connectivity index (χ4v) is 4.10. The van der Waals surface area contributed by atoms with Gasteiger partial charge in [-0.15, -0.1) is 0 Å². The number of anilines is 1. The molecule has 3 heterocycles. The first-order valence-electron chi connectivity index (χ1n) is 10.7. The number of hydrogen-bond acceptors (Lipinski definition) is 7. The topological polar surface area (TPSA) is 105 Å². The monoisotopic (exact) mass is 556 g/mol. The highest BCUT2D eigenvalue weighted by Crippen LogP contribution is 2.35. The maximum atomic E-state index is 15.0. The van der Waals surface area contributed by atoms with Crippen LogP contribution in [0.1, 0.15) is 21.7 Å². The lowest BCUT2D eigenvalue weighted by Crippen LogP contribution is -2.27. The van der Waals surface area contributed by atoms with Gasteiger partial charge in [-0.1, -0.05) is 0 Å². The SMILES string of the molecule is COc1cc2nccc(Oc3ccc(NC(=O)c4c(C)n(C)c(C)c(Br)c4=O)cc3F)c2nc1OC. The molecule has 1 N–H and O–H groups in total. The normalized spacial score (nSPS) is 10.9. The lowest BCUT2D eigenvalue weighted by Gasteiger charge is -2.15. The van der Waals surface area contributed by atoms with E-state index in [4.69, 9.17) is 14.2 Å². The molecule has 0 aliphatic heterocycles. The van der Waals surface area contributed by atoms with Crippen LogP contribution in [0.15, 0.2) is 45.8 Å². The summed E-state index contributed by atoms with van der Waals surface area (Å²) < 4.78 is 33.3. The number of nitrogens with one attached hydrogen (secondary N) is 1. The summed E-state index contributed by atoms with van der Waals surface area (Å²) in [6.07, 6.45) is 1.50. The molecule has 4 aromatic rings. The van der Waals surface area contributed by atoms with Crippen LogP contribution in [0.2, 0.25) is 0 Å². The van der Waals surface area contributed by atoms with Crippen molar-refractivity contribution in [2.75, 3.05) is 19.5 Å². The smallest absolute Gasteiger partial charge is 0.261 e. The molecule has 1 amide bonds. The van der Waals surface area contributed by atoms with Crippen molar-refractivity contribution in [1.82, 2.24) is 14.5 Å². The number of halogens is 2. The second-order valence-electron chi connectivity index (χ2n) is 7.83. The van der Waals surface area contributed by atoms with Gasteiger partial charge in [0.2, 0.25) is 5.43 Å². The van der Waals surface area contributed by atoms with E-state index in [1.54, 1.807) is 37.6 Å².